The van der Waals surface area contributed by atoms with Gasteiger partial charge in [-0.3, -0.25) is 4.72 Å². The number of carboxylic acid groups (broad SMARTS) is 1. The van der Waals surface area contributed by atoms with Crippen molar-refractivity contribution in [2.45, 2.75) is 5.03 Å². The molecule has 0 spiro atoms. The van der Waals surface area contributed by atoms with Crippen LogP contribution in [-0.2, 0) is 10.0 Å². The average Bonchev–Trinajstić information content (AvgIpc) is 3.19. The van der Waals surface area contributed by atoms with Crippen LogP contribution in [0.2, 0.25) is 0 Å². The fourth-order valence-electron chi connectivity index (χ4n) is 2.88. The number of sulfonamides is 1. The molecule has 4 rings (SSSR count). The molecule has 0 amide bonds. The van der Waals surface area contributed by atoms with Crippen LogP contribution < -0.4 is 4.72 Å². The van der Waals surface area contributed by atoms with Crippen molar-refractivity contribution in [1.82, 2.24) is 4.98 Å². The first-order valence-electron chi connectivity index (χ1n) is 8.34. The van der Waals surface area contributed by atoms with E-state index < -0.39 is 21.8 Å². The molecule has 6 nitrogen and oxygen atoms in total. The van der Waals surface area contributed by atoms with Crippen molar-refractivity contribution in [3.63, 3.8) is 0 Å². The van der Waals surface area contributed by atoms with Gasteiger partial charge in [0.15, 0.2) is 5.03 Å². The maximum absolute atomic E-state index is 13.1. The van der Waals surface area contributed by atoms with E-state index in [2.05, 4.69) is 9.71 Å². The third kappa shape index (κ3) is 3.69. The number of hydrogen-bond donors (Lipinski definition) is 2. The van der Waals surface area contributed by atoms with E-state index >= 15 is 0 Å². The highest BCUT2D eigenvalue weighted by molar-refractivity contribution is 7.92. The number of hydrogen-bond acceptors (Lipinski definition) is 5. The van der Waals surface area contributed by atoms with Gasteiger partial charge in [0, 0.05) is 16.3 Å². The molecular weight excluding hydrogens is 415 g/mol. The number of nitrogens with one attached hydrogen (secondary N) is 1. The molecule has 2 N–H and O–H groups in total. The van der Waals surface area contributed by atoms with E-state index in [0.717, 1.165) is 11.3 Å². The summed E-state index contributed by atoms with van der Waals surface area (Å²) in [6.45, 7) is 0. The largest absolute Gasteiger partial charge is 0.478 e. The van der Waals surface area contributed by atoms with Crippen LogP contribution in [0.15, 0.2) is 71.1 Å². The quantitative estimate of drug-likeness (QED) is 0.484. The summed E-state index contributed by atoms with van der Waals surface area (Å²) in [6, 6.07) is 15.0. The Balaban J connectivity index is 1.71. The van der Waals surface area contributed by atoms with Crippen LogP contribution in [0.1, 0.15) is 10.4 Å². The SMILES string of the molecule is O=C(O)c1ccc(NS(=O)(=O)c2csc(-c3ccc(F)cc3)n2)c2ccccc12. The second-order valence-electron chi connectivity index (χ2n) is 6.11. The molecule has 0 radical (unpaired) electrons. The number of thiazole rings is 1. The normalized spacial score (nSPS) is 11.5. The van der Waals surface area contributed by atoms with Crippen LogP contribution >= 0.6 is 11.3 Å². The molecule has 1 heterocycles. The lowest BCUT2D eigenvalue weighted by Gasteiger charge is -2.11. The number of halogens is 1. The summed E-state index contributed by atoms with van der Waals surface area (Å²) in [4.78, 5) is 15.6. The number of fused-ring (bicyclic) bond motifs is 1. The van der Waals surface area contributed by atoms with Gasteiger partial charge in [0.2, 0.25) is 0 Å². The molecule has 0 unspecified atom stereocenters. The number of benzene rings is 3. The highest BCUT2D eigenvalue weighted by Gasteiger charge is 2.21. The molecule has 0 bridgehead atoms. The number of carbonyl (C=O) groups is 1. The number of rotatable bonds is 5. The van der Waals surface area contributed by atoms with Crippen LogP contribution in [0.3, 0.4) is 0 Å². The Morgan fingerprint density at radius 1 is 1.00 bits per heavy atom. The van der Waals surface area contributed by atoms with Crippen LogP contribution in [0.5, 0.6) is 0 Å². The predicted molar refractivity (Wildman–Crippen MR) is 109 cm³/mol. The summed E-state index contributed by atoms with van der Waals surface area (Å²) < 4.78 is 41.2. The molecule has 0 saturated carbocycles. The monoisotopic (exact) mass is 428 g/mol. The Morgan fingerprint density at radius 2 is 1.69 bits per heavy atom. The van der Waals surface area contributed by atoms with E-state index in [4.69, 9.17) is 0 Å². The number of aromatic carboxylic acids is 1. The van der Waals surface area contributed by atoms with Crippen molar-refractivity contribution < 1.29 is 22.7 Å². The van der Waals surface area contributed by atoms with Gasteiger partial charge in [-0.25, -0.2) is 14.2 Å². The van der Waals surface area contributed by atoms with Gasteiger partial charge in [0.05, 0.1) is 11.3 Å². The number of aromatic nitrogens is 1. The van der Waals surface area contributed by atoms with Gasteiger partial charge in [-0.1, -0.05) is 24.3 Å². The Hall–Kier alpha value is -3.30. The maximum atomic E-state index is 13.1. The van der Waals surface area contributed by atoms with Crippen molar-refractivity contribution in [2.75, 3.05) is 4.72 Å². The summed E-state index contributed by atoms with van der Waals surface area (Å²) in [5.41, 5.74) is 0.937. The molecule has 0 fully saturated rings. The molecule has 0 atom stereocenters. The molecule has 3 aromatic carbocycles. The van der Waals surface area contributed by atoms with Gasteiger partial charge >= 0.3 is 5.97 Å². The van der Waals surface area contributed by atoms with E-state index in [0.29, 0.717) is 21.3 Å². The Bertz CT molecular complexity index is 1330. The highest BCUT2D eigenvalue weighted by Crippen LogP contribution is 2.30. The zero-order chi connectivity index (χ0) is 20.6. The minimum atomic E-state index is -4.01. The fourth-order valence-corrected chi connectivity index (χ4v) is 5.06. The molecule has 4 aromatic rings. The van der Waals surface area contributed by atoms with Gasteiger partial charge in [-0.2, -0.15) is 8.42 Å². The molecule has 0 saturated heterocycles. The molecule has 1 aromatic heterocycles. The van der Waals surface area contributed by atoms with Gasteiger partial charge < -0.3 is 5.11 Å². The van der Waals surface area contributed by atoms with Crippen molar-refractivity contribution >= 4 is 43.8 Å². The first-order valence-corrected chi connectivity index (χ1v) is 10.7. The number of anilines is 1. The van der Waals surface area contributed by atoms with E-state index in [1.54, 1.807) is 24.3 Å². The Morgan fingerprint density at radius 3 is 2.38 bits per heavy atom. The highest BCUT2D eigenvalue weighted by atomic mass is 32.2. The summed E-state index contributed by atoms with van der Waals surface area (Å²) in [5, 5.41) is 11.9. The number of carboxylic acids is 1. The molecule has 0 aliphatic rings. The standard InChI is InChI=1S/C20H13FN2O4S2/c21-13-7-5-12(6-8-13)19-22-18(11-28-19)29(26,27)23-17-10-9-16(20(24)25)14-3-1-2-4-15(14)17/h1-11,23H,(H,24,25). The lowest BCUT2D eigenvalue weighted by Crippen LogP contribution is -2.14. The second-order valence-corrected chi connectivity index (χ2v) is 8.60. The third-order valence-corrected chi connectivity index (χ3v) is 6.54. The van der Waals surface area contributed by atoms with Gasteiger partial charge in [0.1, 0.15) is 10.8 Å². The minimum Gasteiger partial charge on any atom is -0.478 e. The summed E-state index contributed by atoms with van der Waals surface area (Å²) in [5.74, 6) is -1.49. The van der Waals surface area contributed by atoms with Crippen LogP contribution in [0.4, 0.5) is 10.1 Å². The van der Waals surface area contributed by atoms with E-state index in [1.165, 1.54) is 41.8 Å². The van der Waals surface area contributed by atoms with Gasteiger partial charge in [-0.05, 0) is 41.8 Å². The molecule has 9 heteroatoms. The van der Waals surface area contributed by atoms with Crippen LogP contribution in [0, 0.1) is 5.82 Å². The second kappa shape index (κ2) is 7.26. The number of nitrogens with zero attached hydrogens (tertiary/aromatic N) is 1. The summed E-state index contributed by atoms with van der Waals surface area (Å²) in [6.07, 6.45) is 0. The zero-order valence-electron chi connectivity index (χ0n) is 14.7. The summed E-state index contributed by atoms with van der Waals surface area (Å²) >= 11 is 1.13. The van der Waals surface area contributed by atoms with E-state index in [9.17, 15) is 22.7 Å². The molecule has 0 aliphatic heterocycles. The Labute approximate surface area is 169 Å². The van der Waals surface area contributed by atoms with E-state index in [-0.39, 0.29) is 16.3 Å². The van der Waals surface area contributed by atoms with E-state index in [1.807, 2.05) is 0 Å². The Kier molecular flexibility index (Phi) is 4.77. The predicted octanol–water partition coefficient (Wildman–Crippen LogP) is 4.60. The molecular formula is C20H13FN2O4S2. The first-order chi connectivity index (χ1) is 13.8. The molecule has 146 valence electrons. The third-order valence-electron chi connectivity index (χ3n) is 4.25. The summed E-state index contributed by atoms with van der Waals surface area (Å²) in [7, 11) is -4.01. The topological polar surface area (TPSA) is 96.4 Å². The maximum Gasteiger partial charge on any atom is 0.336 e. The molecule has 29 heavy (non-hydrogen) atoms. The lowest BCUT2D eigenvalue weighted by molar-refractivity contribution is 0.0699. The fraction of sp³-hybridized carbons (Fsp3) is 0. The van der Waals surface area contributed by atoms with Gasteiger partial charge in [0.25, 0.3) is 10.0 Å². The molecule has 0 aliphatic carbocycles. The van der Waals surface area contributed by atoms with Crippen LogP contribution in [-0.4, -0.2) is 24.5 Å². The van der Waals surface area contributed by atoms with Gasteiger partial charge in [-0.15, -0.1) is 11.3 Å². The van der Waals surface area contributed by atoms with Crippen LogP contribution in [0.25, 0.3) is 21.3 Å². The lowest BCUT2D eigenvalue weighted by atomic mass is 10.0. The smallest absolute Gasteiger partial charge is 0.336 e. The van der Waals surface area contributed by atoms with Crippen molar-refractivity contribution in [3.8, 4) is 10.6 Å². The van der Waals surface area contributed by atoms with Crippen molar-refractivity contribution in [3.05, 3.63) is 77.4 Å². The van der Waals surface area contributed by atoms with Crippen molar-refractivity contribution in [1.29, 1.82) is 0 Å². The van der Waals surface area contributed by atoms with Crippen molar-refractivity contribution in [2.24, 2.45) is 0 Å². The minimum absolute atomic E-state index is 0.0794. The first kappa shape index (κ1) is 19.0. The average molecular weight is 428 g/mol. The zero-order valence-corrected chi connectivity index (χ0v) is 16.3.